The number of rotatable bonds is 2. The molecule has 1 saturated heterocycles. The van der Waals surface area contributed by atoms with Crippen LogP contribution >= 0.6 is 0 Å². The molecule has 2 heteroatoms. The minimum atomic E-state index is 0.658. The van der Waals surface area contributed by atoms with Crippen molar-refractivity contribution in [1.82, 2.24) is 9.88 Å². The molecule has 1 aliphatic carbocycles. The first-order chi connectivity index (χ1) is 12.3. The first-order valence-corrected chi connectivity index (χ1v) is 9.51. The Morgan fingerprint density at radius 1 is 0.840 bits per heavy atom. The van der Waals surface area contributed by atoms with E-state index >= 15 is 0 Å². The number of para-hydroxylation sites is 1. The SMILES string of the molecule is c1ccc2c(c1)C[C@H]1CC[C@@H](C2)N(Cc2ccc3ccccc3n2)C1. The van der Waals surface area contributed by atoms with Gasteiger partial charge in [-0.3, -0.25) is 9.88 Å². The smallest absolute Gasteiger partial charge is 0.0705 e. The molecule has 0 unspecified atom stereocenters. The molecule has 126 valence electrons. The second-order valence-electron chi connectivity index (χ2n) is 7.70. The van der Waals surface area contributed by atoms with E-state index in [9.17, 15) is 0 Å². The number of fused-ring (bicyclic) bond motifs is 3. The summed E-state index contributed by atoms with van der Waals surface area (Å²) in [5.41, 5.74) is 5.47. The molecule has 1 fully saturated rings. The Labute approximate surface area is 149 Å². The fraction of sp³-hybridized carbons (Fsp3) is 0.348. The number of hydrogen-bond donors (Lipinski definition) is 0. The first kappa shape index (κ1) is 15.1. The van der Waals surface area contributed by atoms with E-state index in [0.29, 0.717) is 6.04 Å². The van der Waals surface area contributed by atoms with Crippen molar-refractivity contribution in [2.75, 3.05) is 6.54 Å². The molecule has 3 aliphatic rings. The van der Waals surface area contributed by atoms with Gasteiger partial charge >= 0.3 is 0 Å². The van der Waals surface area contributed by atoms with Gasteiger partial charge in [-0.05, 0) is 54.9 Å². The summed E-state index contributed by atoms with van der Waals surface area (Å²) in [6, 6.07) is 22.6. The van der Waals surface area contributed by atoms with Gasteiger partial charge in [0.1, 0.15) is 0 Å². The zero-order valence-electron chi connectivity index (χ0n) is 14.6. The second kappa shape index (κ2) is 6.27. The lowest BCUT2D eigenvalue weighted by Gasteiger charge is -2.42. The fourth-order valence-electron chi connectivity index (χ4n) is 4.70. The number of nitrogens with zero attached hydrogens (tertiary/aromatic N) is 2. The fourth-order valence-corrected chi connectivity index (χ4v) is 4.70. The van der Waals surface area contributed by atoms with Crippen molar-refractivity contribution in [3.63, 3.8) is 0 Å². The normalized spacial score (nSPS) is 23.2. The van der Waals surface area contributed by atoms with Crippen LogP contribution in [0.2, 0.25) is 0 Å². The molecule has 2 aromatic carbocycles. The maximum absolute atomic E-state index is 4.91. The van der Waals surface area contributed by atoms with Gasteiger partial charge in [0.25, 0.3) is 0 Å². The van der Waals surface area contributed by atoms with E-state index in [4.69, 9.17) is 4.98 Å². The molecule has 0 spiro atoms. The highest BCUT2D eigenvalue weighted by atomic mass is 15.2. The highest BCUT2D eigenvalue weighted by Gasteiger charge is 2.31. The molecule has 0 amide bonds. The van der Waals surface area contributed by atoms with E-state index < -0.39 is 0 Å². The maximum atomic E-state index is 4.91. The largest absolute Gasteiger partial charge is 0.294 e. The summed E-state index contributed by atoms with van der Waals surface area (Å²) >= 11 is 0. The van der Waals surface area contributed by atoms with E-state index in [1.807, 2.05) is 0 Å². The van der Waals surface area contributed by atoms with Crippen LogP contribution in [0.5, 0.6) is 0 Å². The van der Waals surface area contributed by atoms with Gasteiger partial charge < -0.3 is 0 Å². The van der Waals surface area contributed by atoms with Crippen molar-refractivity contribution in [2.45, 2.75) is 38.3 Å². The molecule has 0 N–H and O–H groups in total. The monoisotopic (exact) mass is 328 g/mol. The summed E-state index contributed by atoms with van der Waals surface area (Å²) in [5.74, 6) is 0.790. The van der Waals surface area contributed by atoms with Crippen LogP contribution in [0.25, 0.3) is 10.9 Å². The molecule has 1 aromatic heterocycles. The molecule has 0 saturated carbocycles. The molecular weight excluding hydrogens is 304 g/mol. The van der Waals surface area contributed by atoms with Gasteiger partial charge in [-0.1, -0.05) is 48.5 Å². The number of hydrogen-bond acceptors (Lipinski definition) is 2. The van der Waals surface area contributed by atoms with Crippen molar-refractivity contribution in [2.24, 2.45) is 5.92 Å². The summed E-state index contributed by atoms with van der Waals surface area (Å²) in [6.45, 7) is 2.20. The Balaban J connectivity index is 1.42. The van der Waals surface area contributed by atoms with Crippen LogP contribution in [0.15, 0.2) is 60.7 Å². The van der Waals surface area contributed by atoms with Gasteiger partial charge in [0.05, 0.1) is 11.2 Å². The van der Waals surface area contributed by atoms with Crippen molar-refractivity contribution < 1.29 is 0 Å². The first-order valence-electron chi connectivity index (χ1n) is 9.51. The van der Waals surface area contributed by atoms with Gasteiger partial charge in [-0.15, -0.1) is 0 Å². The molecule has 6 rings (SSSR count). The van der Waals surface area contributed by atoms with E-state index in [1.165, 1.54) is 43.3 Å². The number of aromatic nitrogens is 1. The minimum Gasteiger partial charge on any atom is -0.294 e. The molecule has 2 nitrogen and oxygen atoms in total. The Bertz CT molecular complexity index is 901. The molecule has 2 aliphatic heterocycles. The Kier molecular flexibility index (Phi) is 3.79. The van der Waals surface area contributed by atoms with Crippen LogP contribution in [-0.2, 0) is 19.4 Å². The average molecular weight is 328 g/mol. The molecule has 3 heterocycles. The van der Waals surface area contributed by atoms with E-state index in [1.54, 1.807) is 11.1 Å². The topological polar surface area (TPSA) is 16.1 Å². The van der Waals surface area contributed by atoms with Crippen LogP contribution < -0.4 is 0 Å². The second-order valence-corrected chi connectivity index (χ2v) is 7.70. The van der Waals surface area contributed by atoms with Crippen LogP contribution in [0.4, 0.5) is 0 Å². The van der Waals surface area contributed by atoms with Crippen LogP contribution in [0, 0.1) is 5.92 Å². The van der Waals surface area contributed by atoms with Crippen LogP contribution in [-0.4, -0.2) is 22.5 Å². The van der Waals surface area contributed by atoms with Crippen molar-refractivity contribution in [3.8, 4) is 0 Å². The van der Waals surface area contributed by atoms with Gasteiger partial charge in [-0.25, -0.2) is 0 Å². The molecular formula is C23H24N2. The zero-order chi connectivity index (χ0) is 16.6. The van der Waals surface area contributed by atoms with E-state index in [2.05, 4.69) is 65.6 Å². The predicted molar refractivity (Wildman–Crippen MR) is 103 cm³/mol. The third-order valence-corrected chi connectivity index (χ3v) is 6.02. The quantitative estimate of drug-likeness (QED) is 0.683. The van der Waals surface area contributed by atoms with Crippen LogP contribution in [0.1, 0.15) is 29.7 Å². The molecule has 2 bridgehead atoms. The highest BCUT2D eigenvalue weighted by molar-refractivity contribution is 5.78. The van der Waals surface area contributed by atoms with Crippen molar-refractivity contribution >= 4 is 10.9 Å². The summed E-state index contributed by atoms with van der Waals surface area (Å²) in [6.07, 6.45) is 5.13. The predicted octanol–water partition coefficient (Wildman–Crippen LogP) is 4.61. The van der Waals surface area contributed by atoms with Gasteiger partial charge in [0.15, 0.2) is 0 Å². The third kappa shape index (κ3) is 2.96. The Morgan fingerprint density at radius 2 is 1.64 bits per heavy atom. The van der Waals surface area contributed by atoms with Gasteiger partial charge in [-0.2, -0.15) is 0 Å². The van der Waals surface area contributed by atoms with E-state index in [0.717, 1.165) is 18.0 Å². The number of piperidine rings is 1. The summed E-state index contributed by atoms with van der Waals surface area (Å²) in [7, 11) is 0. The highest BCUT2D eigenvalue weighted by Crippen LogP contribution is 2.33. The number of pyridine rings is 1. The number of benzene rings is 2. The lowest BCUT2D eigenvalue weighted by Crippen LogP contribution is -2.46. The summed E-state index contributed by atoms with van der Waals surface area (Å²) in [4.78, 5) is 7.61. The molecule has 2 atom stereocenters. The van der Waals surface area contributed by atoms with Gasteiger partial charge in [0, 0.05) is 24.5 Å². The van der Waals surface area contributed by atoms with Crippen molar-refractivity contribution in [1.29, 1.82) is 0 Å². The Hall–Kier alpha value is -2.19. The van der Waals surface area contributed by atoms with Gasteiger partial charge in [0.2, 0.25) is 0 Å². The third-order valence-electron chi connectivity index (χ3n) is 6.02. The lowest BCUT2D eigenvalue weighted by molar-refractivity contribution is 0.0926. The lowest BCUT2D eigenvalue weighted by atomic mass is 9.80. The molecule has 25 heavy (non-hydrogen) atoms. The Morgan fingerprint density at radius 3 is 2.56 bits per heavy atom. The maximum Gasteiger partial charge on any atom is 0.0705 e. The van der Waals surface area contributed by atoms with E-state index in [-0.39, 0.29) is 0 Å². The van der Waals surface area contributed by atoms with Crippen molar-refractivity contribution in [3.05, 3.63) is 77.5 Å². The summed E-state index contributed by atoms with van der Waals surface area (Å²) in [5, 5.41) is 1.23. The molecule has 0 radical (unpaired) electrons. The summed E-state index contributed by atoms with van der Waals surface area (Å²) < 4.78 is 0. The standard InChI is InChI=1S/C23H24N2/c1-2-7-20-14-22-12-9-17(13-19(20)6-1)15-25(22)16-21-11-10-18-5-3-4-8-23(18)24-21/h1-8,10-11,17,22H,9,12-16H2/t17-,22+/m1/s1. The van der Waals surface area contributed by atoms with Crippen LogP contribution in [0.3, 0.4) is 0 Å². The minimum absolute atomic E-state index is 0.658. The molecule has 3 aromatic rings. The zero-order valence-corrected chi connectivity index (χ0v) is 14.6. The average Bonchev–Trinajstić information content (AvgIpc) is 2.62.